The van der Waals surface area contributed by atoms with E-state index < -0.39 is 0 Å². The highest BCUT2D eigenvalue weighted by Crippen LogP contribution is 2.33. The highest BCUT2D eigenvalue weighted by Gasteiger charge is 2.40. The van der Waals surface area contributed by atoms with Crippen molar-refractivity contribution in [3.8, 4) is 0 Å². The summed E-state index contributed by atoms with van der Waals surface area (Å²) in [5.74, 6) is 0. The maximum atomic E-state index is 6.02. The average molecular weight is 261 g/mol. The summed E-state index contributed by atoms with van der Waals surface area (Å²) in [6, 6.07) is 11.6. The molecule has 0 aromatic heterocycles. The van der Waals surface area contributed by atoms with Gasteiger partial charge in [-0.15, -0.1) is 0 Å². The Hall–Kier alpha value is -0.900. The summed E-state index contributed by atoms with van der Waals surface area (Å²) < 4.78 is 0. The Morgan fingerprint density at radius 3 is 2.53 bits per heavy atom. The number of hydrogen-bond acceptors (Lipinski definition) is 3. The zero-order chi connectivity index (χ0) is 14.0. The van der Waals surface area contributed by atoms with Gasteiger partial charge in [-0.25, -0.2) is 0 Å². The molecule has 1 heterocycles. The van der Waals surface area contributed by atoms with Crippen molar-refractivity contribution >= 4 is 0 Å². The molecule has 2 atom stereocenters. The molecule has 1 aromatic carbocycles. The van der Waals surface area contributed by atoms with Crippen molar-refractivity contribution < 1.29 is 0 Å². The van der Waals surface area contributed by atoms with Gasteiger partial charge in [0.15, 0.2) is 0 Å². The van der Waals surface area contributed by atoms with E-state index >= 15 is 0 Å². The first-order chi connectivity index (χ1) is 8.95. The van der Waals surface area contributed by atoms with Crippen LogP contribution >= 0.6 is 0 Å². The molecular weight excluding hydrogens is 234 g/mol. The highest BCUT2D eigenvalue weighted by molar-refractivity contribution is 5.20. The average Bonchev–Trinajstić information content (AvgIpc) is 2.37. The zero-order valence-corrected chi connectivity index (χ0v) is 12.6. The van der Waals surface area contributed by atoms with Gasteiger partial charge in [-0.1, -0.05) is 30.3 Å². The Labute approximate surface area is 117 Å². The van der Waals surface area contributed by atoms with Crippen LogP contribution in [0.4, 0.5) is 0 Å². The monoisotopic (exact) mass is 261 g/mol. The van der Waals surface area contributed by atoms with Crippen LogP contribution in [0, 0.1) is 0 Å². The number of nitrogens with zero attached hydrogens (tertiary/aromatic N) is 2. The molecular formula is C16H27N3. The maximum absolute atomic E-state index is 6.02. The van der Waals surface area contributed by atoms with Crippen LogP contribution in [0.25, 0.3) is 0 Å². The minimum absolute atomic E-state index is 0.145. The quantitative estimate of drug-likeness (QED) is 0.904. The molecule has 1 fully saturated rings. The molecule has 3 heteroatoms. The van der Waals surface area contributed by atoms with Crippen molar-refractivity contribution in [3.63, 3.8) is 0 Å². The summed E-state index contributed by atoms with van der Waals surface area (Å²) in [6.07, 6.45) is 0. The van der Waals surface area contributed by atoms with Gasteiger partial charge in [0.1, 0.15) is 0 Å². The molecule has 1 aromatic rings. The predicted octanol–water partition coefficient (Wildman–Crippen LogP) is 2.10. The van der Waals surface area contributed by atoms with Crippen LogP contribution in [0.3, 0.4) is 0 Å². The summed E-state index contributed by atoms with van der Waals surface area (Å²) in [4.78, 5) is 4.99. The number of nitrogens with two attached hydrogens (primary N) is 1. The van der Waals surface area contributed by atoms with Gasteiger partial charge in [-0.05, 0) is 33.4 Å². The summed E-state index contributed by atoms with van der Waals surface area (Å²) in [7, 11) is 2.19. The fourth-order valence-corrected chi connectivity index (χ4v) is 3.67. The summed E-state index contributed by atoms with van der Waals surface area (Å²) >= 11 is 0. The molecule has 0 saturated carbocycles. The van der Waals surface area contributed by atoms with E-state index in [0.717, 1.165) is 13.1 Å². The van der Waals surface area contributed by atoms with Gasteiger partial charge < -0.3 is 10.6 Å². The SMILES string of the molecule is CC(c1ccccc1)N1C(CN)CN(C)CC1(C)C. The smallest absolute Gasteiger partial charge is 0.0357 e. The summed E-state index contributed by atoms with van der Waals surface area (Å²) in [6.45, 7) is 9.79. The molecule has 1 saturated heterocycles. The molecule has 0 aliphatic carbocycles. The van der Waals surface area contributed by atoms with E-state index in [2.05, 4.69) is 68.0 Å². The molecule has 106 valence electrons. The van der Waals surface area contributed by atoms with Gasteiger partial charge in [0, 0.05) is 37.3 Å². The molecule has 2 rings (SSSR count). The number of likely N-dealkylation sites (N-methyl/N-ethyl adjacent to an activating group) is 1. The molecule has 0 spiro atoms. The van der Waals surface area contributed by atoms with Gasteiger partial charge in [0.2, 0.25) is 0 Å². The third-order valence-corrected chi connectivity index (χ3v) is 4.24. The highest BCUT2D eigenvalue weighted by atomic mass is 15.3. The van der Waals surface area contributed by atoms with Crippen molar-refractivity contribution in [1.29, 1.82) is 0 Å². The van der Waals surface area contributed by atoms with E-state index in [1.54, 1.807) is 0 Å². The molecule has 3 nitrogen and oxygen atoms in total. The Morgan fingerprint density at radius 1 is 1.32 bits per heavy atom. The summed E-state index contributed by atoms with van der Waals surface area (Å²) in [5, 5.41) is 0. The normalized spacial score (nSPS) is 26.3. The van der Waals surface area contributed by atoms with Crippen molar-refractivity contribution in [2.45, 2.75) is 38.4 Å². The van der Waals surface area contributed by atoms with Gasteiger partial charge >= 0.3 is 0 Å². The van der Waals surface area contributed by atoms with E-state index in [0.29, 0.717) is 18.6 Å². The van der Waals surface area contributed by atoms with E-state index in [4.69, 9.17) is 5.73 Å². The third kappa shape index (κ3) is 2.99. The standard InChI is InChI=1S/C16H27N3/c1-13(14-8-6-5-7-9-14)19-15(10-17)11-18(4)12-16(19,2)3/h5-9,13,15H,10-12,17H2,1-4H3. The Kier molecular flexibility index (Phi) is 4.29. The third-order valence-electron chi connectivity index (χ3n) is 4.24. The fraction of sp³-hybridized carbons (Fsp3) is 0.625. The Balaban J connectivity index is 2.29. The molecule has 2 N–H and O–H groups in total. The first-order valence-electron chi connectivity index (χ1n) is 7.17. The minimum atomic E-state index is 0.145. The Morgan fingerprint density at radius 2 is 1.95 bits per heavy atom. The van der Waals surface area contributed by atoms with Crippen LogP contribution in [0.1, 0.15) is 32.4 Å². The lowest BCUT2D eigenvalue weighted by Gasteiger charge is -2.53. The fourth-order valence-electron chi connectivity index (χ4n) is 3.67. The zero-order valence-electron chi connectivity index (χ0n) is 12.6. The molecule has 0 amide bonds. The van der Waals surface area contributed by atoms with Gasteiger partial charge in [-0.3, -0.25) is 4.90 Å². The van der Waals surface area contributed by atoms with E-state index in [1.807, 2.05) is 0 Å². The molecule has 19 heavy (non-hydrogen) atoms. The second-order valence-electron chi connectivity index (χ2n) is 6.39. The second kappa shape index (κ2) is 5.61. The van der Waals surface area contributed by atoms with Crippen LogP contribution in [-0.4, -0.2) is 48.1 Å². The lowest BCUT2D eigenvalue weighted by Crippen LogP contribution is -2.65. The number of benzene rings is 1. The largest absolute Gasteiger partial charge is 0.329 e. The van der Waals surface area contributed by atoms with Crippen molar-refractivity contribution in [2.24, 2.45) is 5.73 Å². The molecule has 1 aliphatic rings. The lowest BCUT2D eigenvalue weighted by molar-refractivity contribution is -0.0398. The minimum Gasteiger partial charge on any atom is -0.329 e. The van der Waals surface area contributed by atoms with Gasteiger partial charge in [0.05, 0.1) is 0 Å². The first kappa shape index (κ1) is 14.5. The van der Waals surface area contributed by atoms with E-state index in [1.165, 1.54) is 5.56 Å². The topological polar surface area (TPSA) is 32.5 Å². The first-order valence-corrected chi connectivity index (χ1v) is 7.17. The van der Waals surface area contributed by atoms with Crippen molar-refractivity contribution in [3.05, 3.63) is 35.9 Å². The van der Waals surface area contributed by atoms with E-state index in [9.17, 15) is 0 Å². The van der Waals surface area contributed by atoms with Crippen LogP contribution in [0.2, 0.25) is 0 Å². The Bertz CT molecular complexity index is 402. The predicted molar refractivity (Wildman–Crippen MR) is 81.1 cm³/mol. The number of rotatable bonds is 3. The lowest BCUT2D eigenvalue weighted by atomic mass is 9.90. The van der Waals surface area contributed by atoms with Gasteiger partial charge in [0.25, 0.3) is 0 Å². The van der Waals surface area contributed by atoms with Crippen molar-refractivity contribution in [1.82, 2.24) is 9.80 Å². The molecule has 2 unspecified atom stereocenters. The number of piperazine rings is 1. The molecule has 0 radical (unpaired) electrons. The van der Waals surface area contributed by atoms with E-state index in [-0.39, 0.29) is 5.54 Å². The van der Waals surface area contributed by atoms with Crippen LogP contribution in [0.15, 0.2) is 30.3 Å². The van der Waals surface area contributed by atoms with Crippen LogP contribution in [-0.2, 0) is 0 Å². The van der Waals surface area contributed by atoms with Crippen LogP contribution < -0.4 is 5.73 Å². The van der Waals surface area contributed by atoms with Crippen LogP contribution in [0.5, 0.6) is 0 Å². The number of hydrogen-bond donors (Lipinski definition) is 1. The molecule has 1 aliphatic heterocycles. The second-order valence-corrected chi connectivity index (χ2v) is 6.39. The van der Waals surface area contributed by atoms with Gasteiger partial charge in [-0.2, -0.15) is 0 Å². The maximum Gasteiger partial charge on any atom is 0.0357 e. The molecule has 0 bridgehead atoms. The van der Waals surface area contributed by atoms with Crippen molar-refractivity contribution in [2.75, 3.05) is 26.7 Å². The summed E-state index contributed by atoms with van der Waals surface area (Å²) in [5.41, 5.74) is 7.54.